The minimum Gasteiger partial charge on any atom is -0.330 e. The second-order valence-electron chi connectivity index (χ2n) is 4.38. The van der Waals surface area contributed by atoms with Gasteiger partial charge in [0.1, 0.15) is 5.82 Å². The lowest BCUT2D eigenvalue weighted by atomic mass is 10.2. The molecule has 1 heterocycles. The van der Waals surface area contributed by atoms with Crippen LogP contribution in [0.4, 0.5) is 4.39 Å². The highest BCUT2D eigenvalue weighted by Crippen LogP contribution is 2.23. The monoisotopic (exact) mass is 292 g/mol. The number of aryl methyl sites for hydroxylation is 1. The van der Waals surface area contributed by atoms with E-state index in [1.165, 1.54) is 12.1 Å². The van der Waals surface area contributed by atoms with Gasteiger partial charge in [0.15, 0.2) is 4.77 Å². The molecule has 5 heteroatoms. The van der Waals surface area contributed by atoms with Gasteiger partial charge in [-0.05, 0) is 55.0 Å². The molecule has 2 aromatic carbocycles. The number of halogens is 2. The molecule has 0 radical (unpaired) electrons. The van der Waals surface area contributed by atoms with E-state index in [1.807, 2.05) is 25.1 Å². The number of aromatic nitrogens is 2. The third-order valence-corrected chi connectivity index (χ3v) is 3.59. The molecule has 0 saturated heterocycles. The van der Waals surface area contributed by atoms with Gasteiger partial charge in [0.05, 0.1) is 21.7 Å². The van der Waals surface area contributed by atoms with E-state index in [4.69, 9.17) is 23.8 Å². The number of hydrogen-bond acceptors (Lipinski definition) is 1. The minimum atomic E-state index is -0.455. The highest BCUT2D eigenvalue weighted by molar-refractivity contribution is 7.71. The Balaban J connectivity index is 2.35. The van der Waals surface area contributed by atoms with Gasteiger partial charge >= 0.3 is 0 Å². The minimum absolute atomic E-state index is 0.103. The van der Waals surface area contributed by atoms with Gasteiger partial charge in [-0.15, -0.1) is 0 Å². The Morgan fingerprint density at radius 1 is 1.21 bits per heavy atom. The lowest BCUT2D eigenvalue weighted by molar-refractivity contribution is 0.627. The van der Waals surface area contributed by atoms with Crippen LogP contribution in [0.25, 0.3) is 16.7 Å². The zero-order valence-corrected chi connectivity index (χ0v) is 11.6. The van der Waals surface area contributed by atoms with Crippen LogP contribution in [0.5, 0.6) is 0 Å². The summed E-state index contributed by atoms with van der Waals surface area (Å²) in [5, 5.41) is 0.103. The Morgan fingerprint density at radius 3 is 2.74 bits per heavy atom. The van der Waals surface area contributed by atoms with Crippen LogP contribution >= 0.6 is 23.8 Å². The smallest absolute Gasteiger partial charge is 0.182 e. The third-order valence-electron chi connectivity index (χ3n) is 3.00. The fraction of sp³-hybridized carbons (Fsp3) is 0.0714. The van der Waals surface area contributed by atoms with Gasteiger partial charge in [0.25, 0.3) is 0 Å². The van der Waals surface area contributed by atoms with Crippen molar-refractivity contribution in [1.82, 2.24) is 9.55 Å². The van der Waals surface area contributed by atoms with Crippen molar-refractivity contribution in [3.8, 4) is 5.69 Å². The topological polar surface area (TPSA) is 20.7 Å². The lowest BCUT2D eigenvalue weighted by Gasteiger charge is -2.06. The number of rotatable bonds is 1. The van der Waals surface area contributed by atoms with Crippen LogP contribution in [0.2, 0.25) is 5.02 Å². The van der Waals surface area contributed by atoms with Gasteiger partial charge in [0, 0.05) is 0 Å². The molecular weight excluding hydrogens is 283 g/mol. The third kappa shape index (κ3) is 2.07. The van der Waals surface area contributed by atoms with E-state index in [-0.39, 0.29) is 5.02 Å². The van der Waals surface area contributed by atoms with Crippen LogP contribution in [-0.4, -0.2) is 9.55 Å². The number of hydrogen-bond donors (Lipinski definition) is 1. The maximum atomic E-state index is 13.6. The zero-order chi connectivity index (χ0) is 13.6. The molecule has 19 heavy (non-hydrogen) atoms. The van der Waals surface area contributed by atoms with Gasteiger partial charge < -0.3 is 4.98 Å². The lowest BCUT2D eigenvalue weighted by Crippen LogP contribution is -1.95. The van der Waals surface area contributed by atoms with Crippen molar-refractivity contribution in [1.29, 1.82) is 0 Å². The number of nitrogens with one attached hydrogen (secondary N) is 1. The maximum absolute atomic E-state index is 13.6. The van der Waals surface area contributed by atoms with Gasteiger partial charge in [-0.1, -0.05) is 17.7 Å². The van der Waals surface area contributed by atoms with Crippen molar-refractivity contribution in [2.24, 2.45) is 0 Å². The molecule has 1 N–H and O–H groups in total. The first-order chi connectivity index (χ1) is 9.06. The first-order valence-corrected chi connectivity index (χ1v) is 6.52. The predicted octanol–water partition coefficient (Wildman–Crippen LogP) is 4.79. The van der Waals surface area contributed by atoms with E-state index in [9.17, 15) is 4.39 Å². The van der Waals surface area contributed by atoms with E-state index >= 15 is 0 Å². The average Bonchev–Trinajstić information content (AvgIpc) is 2.68. The van der Waals surface area contributed by atoms with E-state index in [0.29, 0.717) is 10.5 Å². The van der Waals surface area contributed by atoms with E-state index in [2.05, 4.69) is 4.98 Å². The summed E-state index contributed by atoms with van der Waals surface area (Å²) in [6.45, 7) is 2.00. The summed E-state index contributed by atoms with van der Waals surface area (Å²) in [6, 6.07) is 10.6. The van der Waals surface area contributed by atoms with Crippen LogP contribution < -0.4 is 0 Å². The van der Waals surface area contributed by atoms with Crippen molar-refractivity contribution >= 4 is 34.9 Å². The van der Waals surface area contributed by atoms with Gasteiger partial charge in [-0.2, -0.15) is 0 Å². The second kappa shape index (κ2) is 4.47. The van der Waals surface area contributed by atoms with Crippen LogP contribution in [0, 0.1) is 17.5 Å². The molecule has 0 fully saturated rings. The van der Waals surface area contributed by atoms with Crippen LogP contribution in [0.15, 0.2) is 36.4 Å². The standard InChI is InChI=1S/C14H10ClFN2S/c1-8-2-5-12-13(6-8)18(14(19)17-12)9-3-4-10(15)11(16)7-9/h2-7H,1H3,(H,17,19). The molecule has 0 amide bonds. The summed E-state index contributed by atoms with van der Waals surface area (Å²) in [5.41, 5.74) is 3.62. The molecule has 2 nitrogen and oxygen atoms in total. The molecule has 0 unspecified atom stereocenters. The molecule has 0 saturated carbocycles. The fourth-order valence-electron chi connectivity index (χ4n) is 2.09. The summed E-state index contributed by atoms with van der Waals surface area (Å²) in [7, 11) is 0. The molecule has 0 bridgehead atoms. The molecule has 96 valence electrons. The van der Waals surface area contributed by atoms with Crippen LogP contribution in [-0.2, 0) is 0 Å². The number of fused-ring (bicyclic) bond motifs is 1. The Kier molecular flexibility index (Phi) is 2.92. The molecule has 0 spiro atoms. The van der Waals surface area contributed by atoms with Crippen molar-refractivity contribution < 1.29 is 4.39 Å². The van der Waals surface area contributed by atoms with Gasteiger partial charge in [-0.25, -0.2) is 4.39 Å². The van der Waals surface area contributed by atoms with Crippen molar-refractivity contribution in [2.75, 3.05) is 0 Å². The Labute approximate surface area is 119 Å². The Morgan fingerprint density at radius 2 is 2.00 bits per heavy atom. The number of imidazole rings is 1. The molecule has 0 aliphatic carbocycles. The summed E-state index contributed by atoms with van der Waals surface area (Å²) >= 11 is 11.0. The Bertz CT molecular complexity index is 835. The molecule has 3 rings (SSSR count). The highest BCUT2D eigenvalue weighted by Gasteiger charge is 2.09. The SMILES string of the molecule is Cc1ccc2[nH]c(=S)n(-c3ccc(Cl)c(F)c3)c2c1. The normalized spacial score (nSPS) is 11.1. The summed E-state index contributed by atoms with van der Waals surface area (Å²) in [6.07, 6.45) is 0. The molecular formula is C14H10ClFN2S. The van der Waals surface area contributed by atoms with Crippen molar-refractivity contribution in [3.05, 3.63) is 57.6 Å². The average molecular weight is 293 g/mol. The van der Waals surface area contributed by atoms with Crippen molar-refractivity contribution in [2.45, 2.75) is 6.92 Å². The summed E-state index contributed by atoms with van der Waals surface area (Å²) in [5.74, 6) is -0.455. The number of benzene rings is 2. The predicted molar refractivity (Wildman–Crippen MR) is 78.2 cm³/mol. The zero-order valence-electron chi connectivity index (χ0n) is 10.1. The van der Waals surface area contributed by atoms with Crippen LogP contribution in [0.3, 0.4) is 0 Å². The number of aromatic amines is 1. The number of H-pyrrole nitrogens is 1. The molecule has 0 atom stereocenters. The van der Waals surface area contributed by atoms with E-state index in [1.54, 1.807) is 10.6 Å². The first kappa shape index (κ1) is 12.4. The molecule has 0 aliphatic rings. The maximum Gasteiger partial charge on any atom is 0.182 e. The molecule has 3 aromatic rings. The van der Waals surface area contributed by atoms with Gasteiger partial charge in [0.2, 0.25) is 0 Å². The first-order valence-electron chi connectivity index (χ1n) is 5.73. The van der Waals surface area contributed by atoms with E-state index in [0.717, 1.165) is 16.6 Å². The quantitative estimate of drug-likeness (QED) is 0.640. The highest BCUT2D eigenvalue weighted by atomic mass is 35.5. The molecule has 1 aromatic heterocycles. The van der Waals surface area contributed by atoms with Crippen LogP contribution in [0.1, 0.15) is 5.56 Å². The Hall–Kier alpha value is -1.65. The fourth-order valence-corrected chi connectivity index (χ4v) is 2.52. The van der Waals surface area contributed by atoms with Crippen molar-refractivity contribution in [3.63, 3.8) is 0 Å². The van der Waals surface area contributed by atoms with E-state index < -0.39 is 5.82 Å². The second-order valence-corrected chi connectivity index (χ2v) is 5.18. The summed E-state index contributed by atoms with van der Waals surface area (Å²) in [4.78, 5) is 3.11. The van der Waals surface area contributed by atoms with Gasteiger partial charge in [-0.3, -0.25) is 4.57 Å². The molecule has 0 aliphatic heterocycles. The number of nitrogens with zero attached hydrogens (tertiary/aromatic N) is 1. The largest absolute Gasteiger partial charge is 0.330 e. The summed E-state index contributed by atoms with van der Waals surface area (Å²) < 4.78 is 15.9.